The minimum absolute atomic E-state index is 0.0154. The number of ether oxygens (including phenoxy) is 1. The maximum absolute atomic E-state index is 12.1. The second-order valence-corrected chi connectivity index (χ2v) is 9.79. The highest BCUT2D eigenvalue weighted by atomic mass is 32.2. The van der Waals surface area contributed by atoms with Crippen molar-refractivity contribution in [2.75, 3.05) is 32.0 Å². The Bertz CT molecular complexity index is 638. The SMILES string of the molecule is Cn1ccnc1[C@@H]1OCC[C@H]1CN1CCS(=O)(=O)C(C)(C)C1. The average molecular weight is 327 g/mol. The number of aromatic nitrogens is 2. The summed E-state index contributed by atoms with van der Waals surface area (Å²) in [6.45, 7) is 6.49. The largest absolute Gasteiger partial charge is 0.370 e. The molecule has 3 rings (SSSR count). The molecule has 22 heavy (non-hydrogen) atoms. The van der Waals surface area contributed by atoms with Gasteiger partial charge in [-0.1, -0.05) is 0 Å². The van der Waals surface area contributed by atoms with Crippen molar-refractivity contribution in [1.82, 2.24) is 14.5 Å². The van der Waals surface area contributed by atoms with E-state index >= 15 is 0 Å². The van der Waals surface area contributed by atoms with Gasteiger partial charge in [0.15, 0.2) is 9.84 Å². The Morgan fingerprint density at radius 2 is 2.23 bits per heavy atom. The lowest BCUT2D eigenvalue weighted by Crippen LogP contribution is -2.53. The summed E-state index contributed by atoms with van der Waals surface area (Å²) in [7, 11) is -0.997. The van der Waals surface area contributed by atoms with Crippen LogP contribution in [0.3, 0.4) is 0 Å². The van der Waals surface area contributed by atoms with E-state index in [2.05, 4.69) is 9.88 Å². The number of imidazole rings is 1. The number of nitrogens with zero attached hydrogens (tertiary/aromatic N) is 3. The van der Waals surface area contributed by atoms with Crippen LogP contribution in [0.4, 0.5) is 0 Å². The standard InChI is InChI=1S/C15H25N3O3S/c1-15(2)11-18(7-9-22(15,19)20)10-12-4-8-21-13(12)14-16-5-6-17(14)3/h5-6,12-13H,4,7-11H2,1-3H3/t12-,13+/m0/s1. The highest BCUT2D eigenvalue weighted by molar-refractivity contribution is 7.92. The molecule has 7 heteroatoms. The van der Waals surface area contributed by atoms with Gasteiger partial charge in [-0.25, -0.2) is 13.4 Å². The zero-order chi connectivity index (χ0) is 16.0. The van der Waals surface area contributed by atoms with E-state index in [-0.39, 0.29) is 11.9 Å². The molecule has 0 aromatic carbocycles. The molecule has 2 aliphatic rings. The molecule has 0 bridgehead atoms. The van der Waals surface area contributed by atoms with Crippen LogP contribution in [0.2, 0.25) is 0 Å². The summed E-state index contributed by atoms with van der Waals surface area (Å²) in [5, 5.41) is 0. The van der Waals surface area contributed by atoms with Gasteiger partial charge in [0.1, 0.15) is 11.9 Å². The van der Waals surface area contributed by atoms with Crippen molar-refractivity contribution in [2.45, 2.75) is 31.1 Å². The molecule has 1 aromatic heterocycles. The first-order chi connectivity index (χ1) is 10.3. The maximum Gasteiger partial charge on any atom is 0.157 e. The summed E-state index contributed by atoms with van der Waals surface area (Å²) in [5.41, 5.74) is 0. The molecule has 0 unspecified atom stereocenters. The highest BCUT2D eigenvalue weighted by Gasteiger charge is 2.42. The molecule has 0 saturated carbocycles. The molecule has 1 aromatic rings. The van der Waals surface area contributed by atoms with Crippen LogP contribution in [-0.2, 0) is 21.6 Å². The topological polar surface area (TPSA) is 64.4 Å². The van der Waals surface area contributed by atoms with E-state index in [0.29, 0.717) is 19.0 Å². The molecular formula is C15H25N3O3S. The quantitative estimate of drug-likeness (QED) is 0.829. The second kappa shape index (κ2) is 5.62. The molecule has 3 heterocycles. The van der Waals surface area contributed by atoms with Crippen molar-refractivity contribution in [2.24, 2.45) is 13.0 Å². The lowest BCUT2D eigenvalue weighted by atomic mass is 9.99. The first-order valence-corrected chi connectivity index (χ1v) is 9.49. The number of rotatable bonds is 3. The van der Waals surface area contributed by atoms with Gasteiger partial charge in [-0.05, 0) is 20.3 Å². The van der Waals surface area contributed by atoms with Crippen LogP contribution in [-0.4, -0.2) is 59.6 Å². The van der Waals surface area contributed by atoms with Crippen LogP contribution in [0.25, 0.3) is 0 Å². The van der Waals surface area contributed by atoms with Gasteiger partial charge in [-0.3, -0.25) is 0 Å². The first-order valence-electron chi connectivity index (χ1n) is 7.84. The van der Waals surface area contributed by atoms with E-state index in [4.69, 9.17) is 4.74 Å². The lowest BCUT2D eigenvalue weighted by Gasteiger charge is -2.39. The number of sulfone groups is 1. The Kier molecular flexibility index (Phi) is 4.07. The smallest absolute Gasteiger partial charge is 0.157 e. The summed E-state index contributed by atoms with van der Waals surface area (Å²) in [6, 6.07) is 0. The molecule has 2 fully saturated rings. The Hall–Kier alpha value is -0.920. The lowest BCUT2D eigenvalue weighted by molar-refractivity contribution is 0.0683. The zero-order valence-electron chi connectivity index (χ0n) is 13.5. The Morgan fingerprint density at radius 1 is 1.45 bits per heavy atom. The summed E-state index contributed by atoms with van der Waals surface area (Å²) in [4.78, 5) is 6.69. The van der Waals surface area contributed by atoms with Crippen molar-refractivity contribution in [3.05, 3.63) is 18.2 Å². The minimum Gasteiger partial charge on any atom is -0.370 e. The molecule has 0 amide bonds. The Morgan fingerprint density at radius 3 is 2.86 bits per heavy atom. The normalized spacial score (nSPS) is 31.4. The average Bonchev–Trinajstić information content (AvgIpc) is 3.02. The van der Waals surface area contributed by atoms with Gasteiger partial charge >= 0.3 is 0 Å². The van der Waals surface area contributed by atoms with Crippen LogP contribution >= 0.6 is 0 Å². The predicted molar refractivity (Wildman–Crippen MR) is 84.3 cm³/mol. The van der Waals surface area contributed by atoms with Gasteiger partial charge in [-0.2, -0.15) is 0 Å². The van der Waals surface area contributed by atoms with Crippen LogP contribution < -0.4 is 0 Å². The minimum atomic E-state index is -2.98. The Balaban J connectivity index is 1.70. The van der Waals surface area contributed by atoms with E-state index in [9.17, 15) is 8.42 Å². The number of hydrogen-bond donors (Lipinski definition) is 0. The molecule has 0 spiro atoms. The summed E-state index contributed by atoms with van der Waals surface area (Å²) < 4.78 is 31.5. The van der Waals surface area contributed by atoms with Crippen LogP contribution in [0, 0.1) is 5.92 Å². The molecule has 2 saturated heterocycles. The van der Waals surface area contributed by atoms with Crippen molar-refractivity contribution in [3.63, 3.8) is 0 Å². The van der Waals surface area contributed by atoms with Gasteiger partial charge < -0.3 is 14.2 Å². The second-order valence-electron chi connectivity index (χ2n) is 7.05. The van der Waals surface area contributed by atoms with Crippen molar-refractivity contribution in [1.29, 1.82) is 0 Å². The molecule has 2 aliphatic heterocycles. The van der Waals surface area contributed by atoms with Crippen LogP contribution in [0.1, 0.15) is 32.2 Å². The summed E-state index contributed by atoms with van der Waals surface area (Å²) in [5.74, 6) is 1.59. The fraction of sp³-hybridized carbons (Fsp3) is 0.800. The summed E-state index contributed by atoms with van der Waals surface area (Å²) >= 11 is 0. The van der Waals surface area contributed by atoms with Gasteiger partial charge in [0.2, 0.25) is 0 Å². The van der Waals surface area contributed by atoms with Crippen molar-refractivity contribution in [3.8, 4) is 0 Å². The fourth-order valence-corrected chi connectivity index (χ4v) is 4.92. The summed E-state index contributed by atoms with van der Waals surface area (Å²) in [6.07, 6.45) is 4.75. The molecule has 2 atom stereocenters. The van der Waals surface area contributed by atoms with E-state index in [1.807, 2.05) is 31.7 Å². The molecular weight excluding hydrogens is 302 g/mol. The monoisotopic (exact) mass is 327 g/mol. The molecule has 0 aliphatic carbocycles. The van der Waals surface area contributed by atoms with Crippen molar-refractivity contribution < 1.29 is 13.2 Å². The van der Waals surface area contributed by atoms with Crippen LogP contribution in [0.5, 0.6) is 0 Å². The molecule has 0 N–H and O–H groups in total. The third-order valence-electron chi connectivity index (χ3n) is 4.94. The highest BCUT2D eigenvalue weighted by Crippen LogP contribution is 2.35. The van der Waals surface area contributed by atoms with E-state index in [1.54, 1.807) is 6.20 Å². The number of aryl methyl sites for hydroxylation is 1. The molecule has 124 valence electrons. The van der Waals surface area contributed by atoms with Gasteiger partial charge in [0.05, 0.1) is 10.5 Å². The zero-order valence-corrected chi connectivity index (χ0v) is 14.3. The fourth-order valence-electron chi connectivity index (χ4n) is 3.49. The first kappa shape index (κ1) is 16.0. The van der Waals surface area contributed by atoms with Crippen molar-refractivity contribution >= 4 is 9.84 Å². The Labute approximate surface area is 132 Å². The number of hydrogen-bond acceptors (Lipinski definition) is 5. The van der Waals surface area contributed by atoms with Gasteiger partial charge in [0.25, 0.3) is 0 Å². The van der Waals surface area contributed by atoms with Gasteiger partial charge in [-0.15, -0.1) is 0 Å². The third-order valence-corrected chi connectivity index (χ3v) is 7.48. The van der Waals surface area contributed by atoms with E-state index < -0.39 is 14.6 Å². The third kappa shape index (κ3) is 2.81. The maximum atomic E-state index is 12.1. The van der Waals surface area contributed by atoms with Gasteiger partial charge in [0, 0.05) is 51.6 Å². The predicted octanol–water partition coefficient (Wildman–Crippen LogP) is 1.01. The van der Waals surface area contributed by atoms with Crippen LogP contribution in [0.15, 0.2) is 12.4 Å². The molecule has 6 nitrogen and oxygen atoms in total. The van der Waals surface area contributed by atoms with E-state index in [1.165, 1.54) is 0 Å². The molecule has 0 radical (unpaired) electrons. The van der Waals surface area contributed by atoms with E-state index in [0.717, 1.165) is 25.4 Å².